The number of Topliss-reactive ketones (excluding diaryl/α,β-unsaturated/α-hetero) is 1. The molecule has 0 bridgehead atoms. The zero-order chi connectivity index (χ0) is 20.8. The topological polar surface area (TPSA) is 66.4 Å². The molecule has 2 aromatic rings. The van der Waals surface area contributed by atoms with Crippen LogP contribution in [0.1, 0.15) is 66.2 Å². The SMILES string of the molecule is CC1(C)Cc2cc(C(=O)O)ccc2NC1c1ccc(F)c(CC(=O)C2CCC2)c1. The fourth-order valence-electron chi connectivity index (χ4n) is 4.46. The molecule has 5 heteroatoms. The molecule has 1 heterocycles. The molecular formula is C24H26FNO3. The van der Waals surface area contributed by atoms with Gasteiger partial charge in [0.1, 0.15) is 11.6 Å². The standard InChI is InChI=1S/C24H26FNO3/c1-24(2)13-18-11-16(23(28)29)7-9-20(18)26-22(24)15-6-8-19(25)17(10-15)12-21(27)14-4-3-5-14/h6-11,14,22,26H,3-5,12-13H2,1-2H3,(H,28,29). The number of carboxylic acid groups (broad SMARTS) is 1. The number of carboxylic acids is 1. The molecule has 0 aromatic heterocycles. The average Bonchev–Trinajstić information content (AvgIpc) is 2.60. The van der Waals surface area contributed by atoms with Crippen LogP contribution in [0.2, 0.25) is 0 Å². The van der Waals surface area contributed by atoms with Crippen molar-refractivity contribution in [1.29, 1.82) is 0 Å². The minimum absolute atomic E-state index is 0.0659. The lowest BCUT2D eigenvalue weighted by Crippen LogP contribution is -2.35. The second-order valence-electron chi connectivity index (χ2n) is 9.04. The van der Waals surface area contributed by atoms with Gasteiger partial charge in [-0.05, 0) is 65.6 Å². The summed E-state index contributed by atoms with van der Waals surface area (Å²) < 4.78 is 14.4. The first-order chi connectivity index (χ1) is 13.7. The van der Waals surface area contributed by atoms with Crippen molar-refractivity contribution in [1.82, 2.24) is 0 Å². The van der Waals surface area contributed by atoms with Crippen LogP contribution in [0.15, 0.2) is 36.4 Å². The van der Waals surface area contributed by atoms with Crippen LogP contribution >= 0.6 is 0 Å². The minimum atomic E-state index is -0.938. The van der Waals surface area contributed by atoms with Gasteiger partial charge < -0.3 is 10.4 Å². The molecule has 1 aliphatic carbocycles. The molecule has 29 heavy (non-hydrogen) atoms. The van der Waals surface area contributed by atoms with Crippen molar-refractivity contribution in [2.45, 2.75) is 52.0 Å². The molecule has 0 amide bonds. The highest BCUT2D eigenvalue weighted by Crippen LogP contribution is 2.45. The molecule has 1 fully saturated rings. The summed E-state index contributed by atoms with van der Waals surface area (Å²) in [6.07, 6.45) is 3.78. The van der Waals surface area contributed by atoms with E-state index < -0.39 is 5.97 Å². The Bertz CT molecular complexity index is 978. The highest BCUT2D eigenvalue weighted by atomic mass is 19.1. The quantitative estimate of drug-likeness (QED) is 0.733. The van der Waals surface area contributed by atoms with E-state index in [0.717, 1.165) is 36.1 Å². The maximum Gasteiger partial charge on any atom is 0.335 e. The smallest absolute Gasteiger partial charge is 0.335 e. The zero-order valence-corrected chi connectivity index (χ0v) is 16.8. The van der Waals surface area contributed by atoms with Crippen molar-refractivity contribution in [3.05, 3.63) is 64.5 Å². The number of carbonyl (C=O) groups is 2. The molecular weight excluding hydrogens is 369 g/mol. The molecule has 0 radical (unpaired) electrons. The number of carbonyl (C=O) groups excluding carboxylic acids is 1. The van der Waals surface area contributed by atoms with Crippen LogP contribution in [0.25, 0.3) is 0 Å². The minimum Gasteiger partial charge on any atom is -0.478 e. The van der Waals surface area contributed by atoms with Gasteiger partial charge in [0, 0.05) is 18.0 Å². The molecule has 2 aliphatic rings. The maximum atomic E-state index is 14.4. The summed E-state index contributed by atoms with van der Waals surface area (Å²) in [6.45, 7) is 4.23. The van der Waals surface area contributed by atoms with Crippen molar-refractivity contribution < 1.29 is 19.1 Å². The van der Waals surface area contributed by atoms with E-state index in [0.29, 0.717) is 12.0 Å². The van der Waals surface area contributed by atoms with E-state index in [1.165, 1.54) is 6.07 Å². The summed E-state index contributed by atoms with van der Waals surface area (Å²) in [5, 5.41) is 12.8. The summed E-state index contributed by atoms with van der Waals surface area (Å²) in [7, 11) is 0. The van der Waals surface area contributed by atoms with Gasteiger partial charge in [-0.2, -0.15) is 0 Å². The van der Waals surface area contributed by atoms with Crippen molar-refractivity contribution in [2.24, 2.45) is 11.3 Å². The normalized spacial score (nSPS) is 20.3. The lowest BCUT2D eigenvalue weighted by atomic mass is 9.72. The highest BCUT2D eigenvalue weighted by molar-refractivity contribution is 5.88. The molecule has 152 valence electrons. The zero-order valence-electron chi connectivity index (χ0n) is 16.8. The van der Waals surface area contributed by atoms with Gasteiger partial charge in [-0.3, -0.25) is 4.79 Å². The fraction of sp³-hybridized carbons (Fsp3) is 0.417. The molecule has 4 rings (SSSR count). The third kappa shape index (κ3) is 3.78. The van der Waals surface area contributed by atoms with Crippen LogP contribution in [0.3, 0.4) is 0 Å². The van der Waals surface area contributed by atoms with Gasteiger partial charge in [-0.15, -0.1) is 0 Å². The third-order valence-corrected chi connectivity index (χ3v) is 6.41. The van der Waals surface area contributed by atoms with Crippen LogP contribution in [0, 0.1) is 17.2 Å². The predicted octanol–water partition coefficient (Wildman–Crippen LogP) is 5.17. The Morgan fingerprint density at radius 2 is 1.93 bits per heavy atom. The van der Waals surface area contributed by atoms with Crippen molar-refractivity contribution in [3.8, 4) is 0 Å². The van der Waals surface area contributed by atoms with Gasteiger partial charge in [0.05, 0.1) is 11.6 Å². The first kappa shape index (κ1) is 19.6. The van der Waals surface area contributed by atoms with Crippen LogP contribution in [0.5, 0.6) is 0 Å². The molecule has 1 unspecified atom stereocenters. The number of hydrogen-bond donors (Lipinski definition) is 2. The Hall–Kier alpha value is -2.69. The summed E-state index contributed by atoms with van der Waals surface area (Å²) in [4.78, 5) is 23.7. The number of rotatable bonds is 5. The van der Waals surface area contributed by atoms with Crippen LogP contribution < -0.4 is 5.32 Å². The van der Waals surface area contributed by atoms with Crippen molar-refractivity contribution >= 4 is 17.4 Å². The number of ketones is 1. The van der Waals surface area contributed by atoms with Crippen LogP contribution in [0.4, 0.5) is 10.1 Å². The van der Waals surface area contributed by atoms with E-state index in [1.54, 1.807) is 24.3 Å². The van der Waals surface area contributed by atoms with Crippen molar-refractivity contribution in [3.63, 3.8) is 0 Å². The number of nitrogens with one attached hydrogen (secondary N) is 1. The molecule has 0 spiro atoms. The van der Waals surface area contributed by atoms with Gasteiger partial charge >= 0.3 is 5.97 Å². The van der Waals surface area contributed by atoms with Gasteiger partial charge in [0.25, 0.3) is 0 Å². The van der Waals surface area contributed by atoms with E-state index >= 15 is 0 Å². The Morgan fingerprint density at radius 1 is 1.17 bits per heavy atom. The third-order valence-electron chi connectivity index (χ3n) is 6.41. The number of halogens is 1. The Labute approximate surface area is 170 Å². The van der Waals surface area contributed by atoms with Crippen molar-refractivity contribution in [2.75, 3.05) is 5.32 Å². The number of anilines is 1. The second-order valence-corrected chi connectivity index (χ2v) is 9.04. The molecule has 2 N–H and O–H groups in total. The summed E-state index contributed by atoms with van der Waals surface area (Å²) >= 11 is 0. The van der Waals surface area contributed by atoms with Gasteiger partial charge in [0.15, 0.2) is 0 Å². The van der Waals surface area contributed by atoms with E-state index in [9.17, 15) is 19.1 Å². The summed E-state index contributed by atoms with van der Waals surface area (Å²) in [6, 6.07) is 10.1. The molecule has 4 nitrogen and oxygen atoms in total. The largest absolute Gasteiger partial charge is 0.478 e. The molecule has 2 aromatic carbocycles. The van der Waals surface area contributed by atoms with E-state index in [-0.39, 0.29) is 41.0 Å². The summed E-state index contributed by atoms with van der Waals surface area (Å²) in [5.41, 5.74) is 3.34. The molecule has 1 saturated carbocycles. The molecule has 1 atom stereocenters. The van der Waals surface area contributed by atoms with E-state index in [4.69, 9.17) is 0 Å². The van der Waals surface area contributed by atoms with Crippen LogP contribution in [-0.4, -0.2) is 16.9 Å². The van der Waals surface area contributed by atoms with Crippen LogP contribution in [-0.2, 0) is 17.6 Å². The first-order valence-corrected chi connectivity index (χ1v) is 10.2. The molecule has 0 saturated heterocycles. The maximum absolute atomic E-state index is 14.4. The van der Waals surface area contributed by atoms with E-state index in [1.807, 2.05) is 6.07 Å². The average molecular weight is 395 g/mol. The van der Waals surface area contributed by atoms with E-state index in [2.05, 4.69) is 19.2 Å². The second kappa shape index (κ2) is 7.29. The van der Waals surface area contributed by atoms with Gasteiger partial charge in [0.2, 0.25) is 0 Å². The highest BCUT2D eigenvalue weighted by Gasteiger charge is 2.36. The monoisotopic (exact) mass is 395 g/mol. The molecule has 1 aliphatic heterocycles. The lowest BCUT2D eigenvalue weighted by Gasteiger charge is -2.41. The number of hydrogen-bond acceptors (Lipinski definition) is 3. The predicted molar refractivity (Wildman–Crippen MR) is 110 cm³/mol. The lowest BCUT2D eigenvalue weighted by molar-refractivity contribution is -0.124. The van der Waals surface area contributed by atoms with Gasteiger partial charge in [-0.1, -0.05) is 32.4 Å². The number of benzene rings is 2. The van der Waals surface area contributed by atoms with Gasteiger partial charge in [-0.25, -0.2) is 9.18 Å². The Balaban J connectivity index is 1.62. The number of aromatic carboxylic acids is 1. The Kier molecular flexibility index (Phi) is 4.93. The fourth-order valence-corrected chi connectivity index (χ4v) is 4.46. The first-order valence-electron chi connectivity index (χ1n) is 10.2. The number of fused-ring (bicyclic) bond motifs is 1. The Morgan fingerprint density at radius 3 is 2.59 bits per heavy atom. The summed E-state index contributed by atoms with van der Waals surface area (Å²) in [5.74, 6) is -1.04.